The van der Waals surface area contributed by atoms with Crippen molar-refractivity contribution in [3.8, 4) is 0 Å². The predicted octanol–water partition coefficient (Wildman–Crippen LogP) is 1.55. The van der Waals surface area contributed by atoms with Crippen LogP contribution in [0.15, 0.2) is 23.1 Å². The molecule has 0 spiro atoms. The summed E-state index contributed by atoms with van der Waals surface area (Å²) >= 11 is 0. The number of hydrogen-bond donors (Lipinski definition) is 2. The summed E-state index contributed by atoms with van der Waals surface area (Å²) in [5, 5.41) is 11.4. The highest BCUT2D eigenvalue weighted by molar-refractivity contribution is 7.85. The van der Waals surface area contributed by atoms with Crippen LogP contribution in [0.3, 0.4) is 0 Å². The lowest BCUT2D eigenvalue weighted by Gasteiger charge is -2.06. The molecule has 0 aliphatic heterocycles. The van der Waals surface area contributed by atoms with E-state index in [0.717, 1.165) is 31.0 Å². The third kappa shape index (κ3) is 4.73. The van der Waals surface area contributed by atoms with Crippen molar-refractivity contribution in [3.63, 3.8) is 0 Å². The smallest absolute Gasteiger partial charge is 0.335 e. The number of amides is 1. The number of carbonyl (C=O) groups excluding carboxylic acids is 1. The summed E-state index contributed by atoms with van der Waals surface area (Å²) in [7, 11) is -1.91. The monoisotopic (exact) mass is 301 g/mol. The molecule has 0 aliphatic carbocycles. The van der Waals surface area contributed by atoms with E-state index >= 15 is 0 Å². The molecule has 20 heavy (non-hydrogen) atoms. The van der Waals surface area contributed by atoms with Crippen molar-refractivity contribution in [3.05, 3.63) is 29.6 Å². The summed E-state index contributed by atoms with van der Waals surface area (Å²) in [5.74, 6) is -2.86. The van der Waals surface area contributed by atoms with Crippen LogP contribution in [0, 0.1) is 5.82 Å². The fraction of sp³-hybridized carbons (Fsp3) is 0.385. The third-order valence-electron chi connectivity index (χ3n) is 2.54. The second kappa shape index (κ2) is 7.74. The van der Waals surface area contributed by atoms with Crippen LogP contribution in [0.2, 0.25) is 0 Å². The van der Waals surface area contributed by atoms with Crippen LogP contribution in [0.25, 0.3) is 0 Å². The number of carboxylic acid groups (broad SMARTS) is 1. The number of hydrogen-bond acceptors (Lipinski definition) is 3. The van der Waals surface area contributed by atoms with Gasteiger partial charge in [-0.3, -0.25) is 9.00 Å². The summed E-state index contributed by atoms with van der Waals surface area (Å²) in [4.78, 5) is 22.0. The zero-order valence-corrected chi connectivity index (χ0v) is 11.8. The van der Waals surface area contributed by atoms with Crippen LogP contribution in [-0.2, 0) is 15.6 Å². The first-order valence-corrected chi connectivity index (χ1v) is 7.45. The summed E-state index contributed by atoms with van der Waals surface area (Å²) in [6.45, 7) is 2.45. The molecule has 1 atom stereocenters. The Morgan fingerprint density at radius 1 is 1.40 bits per heavy atom. The fourth-order valence-electron chi connectivity index (χ4n) is 1.46. The minimum absolute atomic E-state index is 0.166. The van der Waals surface area contributed by atoms with E-state index in [1.807, 2.05) is 6.92 Å². The molecule has 0 fully saturated rings. The van der Waals surface area contributed by atoms with Crippen LogP contribution in [0.1, 0.15) is 30.1 Å². The SMILES string of the molecule is CCCCNC(=O)CS(=O)c1cc(C(=O)O)ccc1F. The van der Waals surface area contributed by atoms with E-state index in [1.165, 1.54) is 0 Å². The van der Waals surface area contributed by atoms with Gasteiger partial charge in [0, 0.05) is 6.54 Å². The molecule has 0 radical (unpaired) electrons. The number of nitrogens with one attached hydrogen (secondary N) is 1. The molecule has 0 saturated heterocycles. The van der Waals surface area contributed by atoms with Gasteiger partial charge < -0.3 is 10.4 Å². The summed E-state index contributed by atoms with van der Waals surface area (Å²) in [5.41, 5.74) is -0.166. The zero-order chi connectivity index (χ0) is 15.1. The summed E-state index contributed by atoms with van der Waals surface area (Å²) < 4.78 is 25.4. The lowest BCUT2D eigenvalue weighted by Crippen LogP contribution is -2.29. The lowest BCUT2D eigenvalue weighted by molar-refractivity contribution is -0.118. The number of aromatic carboxylic acids is 1. The standard InChI is InChI=1S/C13H16FNO4S/c1-2-3-6-15-12(16)8-20(19)11-7-9(13(17)18)4-5-10(11)14/h4-5,7H,2-3,6,8H2,1H3,(H,15,16)(H,17,18). The molecule has 1 unspecified atom stereocenters. The van der Waals surface area contributed by atoms with Gasteiger partial charge in [-0.05, 0) is 24.6 Å². The average Bonchev–Trinajstić information content (AvgIpc) is 2.39. The van der Waals surface area contributed by atoms with Gasteiger partial charge in [-0.1, -0.05) is 13.3 Å². The van der Waals surface area contributed by atoms with Gasteiger partial charge in [-0.15, -0.1) is 0 Å². The highest BCUT2D eigenvalue weighted by Crippen LogP contribution is 2.15. The van der Waals surface area contributed by atoms with Crippen molar-refractivity contribution in [2.75, 3.05) is 12.3 Å². The Balaban J connectivity index is 2.74. The van der Waals surface area contributed by atoms with Gasteiger partial charge in [0.25, 0.3) is 0 Å². The lowest BCUT2D eigenvalue weighted by atomic mass is 10.2. The normalized spacial score (nSPS) is 11.9. The Bertz CT molecular complexity index is 533. The van der Waals surface area contributed by atoms with E-state index in [9.17, 15) is 18.2 Å². The Hall–Kier alpha value is -1.76. The first-order valence-electron chi connectivity index (χ1n) is 6.13. The number of unbranched alkanes of at least 4 members (excludes halogenated alkanes) is 1. The molecule has 0 aliphatic rings. The van der Waals surface area contributed by atoms with Crippen molar-refractivity contribution in [2.24, 2.45) is 0 Å². The van der Waals surface area contributed by atoms with Gasteiger partial charge in [-0.2, -0.15) is 0 Å². The maximum Gasteiger partial charge on any atom is 0.335 e. The van der Waals surface area contributed by atoms with E-state index in [4.69, 9.17) is 5.11 Å². The van der Waals surface area contributed by atoms with Crippen LogP contribution in [-0.4, -0.2) is 33.5 Å². The minimum atomic E-state index is -1.91. The first kappa shape index (κ1) is 16.3. The van der Waals surface area contributed by atoms with Gasteiger partial charge in [-0.25, -0.2) is 9.18 Å². The quantitative estimate of drug-likeness (QED) is 0.748. The fourth-order valence-corrected chi connectivity index (χ4v) is 2.50. The molecule has 0 heterocycles. The Morgan fingerprint density at radius 2 is 2.10 bits per heavy atom. The molecule has 1 aromatic carbocycles. The van der Waals surface area contributed by atoms with Crippen LogP contribution in [0.4, 0.5) is 4.39 Å². The van der Waals surface area contributed by atoms with Crippen molar-refractivity contribution >= 4 is 22.7 Å². The van der Waals surface area contributed by atoms with Gasteiger partial charge in [0.15, 0.2) is 0 Å². The van der Waals surface area contributed by atoms with Crippen LogP contribution >= 0.6 is 0 Å². The van der Waals surface area contributed by atoms with Crippen molar-refractivity contribution in [1.82, 2.24) is 5.32 Å². The Kier molecular flexibility index (Phi) is 6.30. The third-order valence-corrected chi connectivity index (χ3v) is 3.87. The van der Waals surface area contributed by atoms with Crippen molar-refractivity contribution in [2.45, 2.75) is 24.7 Å². The molecule has 2 N–H and O–H groups in total. The maximum atomic E-state index is 13.5. The summed E-state index contributed by atoms with van der Waals surface area (Å²) in [6.07, 6.45) is 1.72. The largest absolute Gasteiger partial charge is 0.478 e. The van der Waals surface area contributed by atoms with Crippen molar-refractivity contribution < 1.29 is 23.3 Å². The molecular weight excluding hydrogens is 285 g/mol. The van der Waals surface area contributed by atoms with E-state index in [2.05, 4.69) is 5.32 Å². The number of carboxylic acids is 1. The number of carbonyl (C=O) groups is 2. The number of benzene rings is 1. The van der Waals surface area contributed by atoms with E-state index in [1.54, 1.807) is 0 Å². The second-order valence-electron chi connectivity index (χ2n) is 4.14. The topological polar surface area (TPSA) is 83.5 Å². The average molecular weight is 301 g/mol. The molecule has 0 saturated carbocycles. The Labute approximate surface area is 118 Å². The number of rotatable bonds is 7. The maximum absolute atomic E-state index is 13.5. The van der Waals surface area contributed by atoms with Gasteiger partial charge in [0.2, 0.25) is 5.91 Å². The van der Waals surface area contributed by atoms with Crippen LogP contribution in [0.5, 0.6) is 0 Å². The molecule has 1 amide bonds. The van der Waals surface area contributed by atoms with Crippen molar-refractivity contribution in [1.29, 1.82) is 0 Å². The Morgan fingerprint density at radius 3 is 2.70 bits per heavy atom. The molecule has 5 nitrogen and oxygen atoms in total. The minimum Gasteiger partial charge on any atom is -0.478 e. The highest BCUT2D eigenvalue weighted by Gasteiger charge is 2.16. The molecule has 0 aromatic heterocycles. The number of halogens is 1. The molecule has 7 heteroatoms. The molecule has 0 bridgehead atoms. The predicted molar refractivity (Wildman–Crippen MR) is 72.6 cm³/mol. The molecular formula is C13H16FNO4S. The molecule has 1 aromatic rings. The first-order chi connectivity index (χ1) is 9.45. The molecule has 1 rings (SSSR count). The van der Waals surface area contributed by atoms with Crippen LogP contribution < -0.4 is 5.32 Å². The van der Waals surface area contributed by atoms with Gasteiger partial charge >= 0.3 is 5.97 Å². The summed E-state index contributed by atoms with van der Waals surface area (Å²) in [6, 6.07) is 3.01. The zero-order valence-electron chi connectivity index (χ0n) is 11.0. The highest BCUT2D eigenvalue weighted by atomic mass is 32.2. The van der Waals surface area contributed by atoms with Gasteiger partial charge in [0.05, 0.1) is 21.3 Å². The molecule has 110 valence electrons. The van der Waals surface area contributed by atoms with E-state index < -0.39 is 28.5 Å². The van der Waals surface area contributed by atoms with E-state index in [0.29, 0.717) is 6.54 Å². The van der Waals surface area contributed by atoms with E-state index in [-0.39, 0.29) is 16.2 Å². The van der Waals surface area contributed by atoms with Gasteiger partial charge in [0.1, 0.15) is 11.6 Å². The second-order valence-corrected chi connectivity index (χ2v) is 5.56.